The van der Waals surface area contributed by atoms with E-state index in [4.69, 9.17) is 0 Å². The molecule has 3 N–H and O–H groups in total. The number of thiazole rings is 1. The van der Waals surface area contributed by atoms with E-state index in [2.05, 4.69) is 20.6 Å². The lowest BCUT2D eigenvalue weighted by Gasteiger charge is -2.12. The quantitative estimate of drug-likeness (QED) is 0.378. The summed E-state index contributed by atoms with van der Waals surface area (Å²) in [4.78, 5) is 32.4. The fourth-order valence-corrected chi connectivity index (χ4v) is 4.11. The number of aromatic nitrogens is 2. The third kappa shape index (κ3) is 5.58. The summed E-state index contributed by atoms with van der Waals surface area (Å²) in [6.07, 6.45) is 1.62. The minimum Gasteiger partial charge on any atom is -0.355 e. The lowest BCUT2D eigenvalue weighted by Crippen LogP contribution is -2.32. The molecule has 3 rings (SSSR count). The fourth-order valence-electron chi connectivity index (χ4n) is 2.53. The summed E-state index contributed by atoms with van der Waals surface area (Å²) < 4.78 is 0.977. The van der Waals surface area contributed by atoms with Gasteiger partial charge in [0.25, 0.3) is 5.91 Å². The predicted molar refractivity (Wildman–Crippen MR) is 110 cm³/mol. The van der Waals surface area contributed by atoms with Crippen molar-refractivity contribution in [3.05, 3.63) is 47.6 Å². The first-order valence-electron chi connectivity index (χ1n) is 8.83. The molecule has 8 heteroatoms. The number of carbonyl (C=O) groups excluding carboxylic acids is 2. The van der Waals surface area contributed by atoms with Gasteiger partial charge < -0.3 is 15.6 Å². The summed E-state index contributed by atoms with van der Waals surface area (Å²) in [5.41, 5.74) is 3.02. The molecule has 0 bridgehead atoms. The Balaban J connectivity index is 1.29. The predicted octanol–water partition coefficient (Wildman–Crippen LogP) is 3.43. The molecule has 2 aromatic heterocycles. The molecule has 1 unspecified atom stereocenters. The highest BCUT2D eigenvalue weighted by Gasteiger charge is 2.13. The van der Waals surface area contributed by atoms with Gasteiger partial charge in [0.05, 0.1) is 15.5 Å². The Hall–Kier alpha value is -2.32. The third-order valence-electron chi connectivity index (χ3n) is 3.98. The SMILES string of the molecule is CC(Sc1ccccc1)C(=O)NCCCCNC(=O)c1cc2scnc2[nH]1. The molecular formula is C19H22N4O2S2. The van der Waals surface area contributed by atoms with Crippen molar-refractivity contribution < 1.29 is 9.59 Å². The molecule has 3 aromatic rings. The van der Waals surface area contributed by atoms with E-state index in [1.165, 1.54) is 11.3 Å². The second kappa shape index (κ2) is 9.57. The molecule has 2 heterocycles. The number of rotatable bonds is 9. The Bertz CT molecular complexity index is 863. The summed E-state index contributed by atoms with van der Waals surface area (Å²) in [7, 11) is 0. The zero-order chi connectivity index (χ0) is 19.1. The molecule has 0 aliphatic carbocycles. The van der Waals surface area contributed by atoms with Gasteiger partial charge in [-0.05, 0) is 38.0 Å². The largest absolute Gasteiger partial charge is 0.355 e. The monoisotopic (exact) mass is 402 g/mol. The Morgan fingerprint density at radius 1 is 1.19 bits per heavy atom. The number of carbonyl (C=O) groups is 2. The molecule has 0 aliphatic rings. The van der Waals surface area contributed by atoms with Gasteiger partial charge in [0, 0.05) is 18.0 Å². The minimum absolute atomic E-state index is 0.0341. The number of fused-ring (bicyclic) bond motifs is 1. The lowest BCUT2D eigenvalue weighted by molar-refractivity contribution is -0.120. The summed E-state index contributed by atoms with van der Waals surface area (Å²) >= 11 is 3.05. The second-order valence-electron chi connectivity index (χ2n) is 6.08. The van der Waals surface area contributed by atoms with Gasteiger partial charge in [0.15, 0.2) is 0 Å². The number of nitrogens with zero attached hydrogens (tertiary/aromatic N) is 1. The first kappa shape index (κ1) is 19.4. The number of benzene rings is 1. The Kier molecular flexibility index (Phi) is 6.89. The molecule has 0 saturated heterocycles. The zero-order valence-corrected chi connectivity index (χ0v) is 16.7. The van der Waals surface area contributed by atoms with E-state index >= 15 is 0 Å². The average Bonchev–Trinajstić information content (AvgIpc) is 3.27. The number of thioether (sulfide) groups is 1. The molecule has 0 saturated carbocycles. The number of aromatic amines is 1. The van der Waals surface area contributed by atoms with Gasteiger partial charge in [-0.1, -0.05) is 18.2 Å². The van der Waals surface area contributed by atoms with Crippen molar-refractivity contribution in [2.24, 2.45) is 0 Å². The van der Waals surface area contributed by atoms with Crippen molar-refractivity contribution in [1.29, 1.82) is 0 Å². The molecule has 0 fully saturated rings. The van der Waals surface area contributed by atoms with E-state index in [9.17, 15) is 9.59 Å². The average molecular weight is 403 g/mol. The van der Waals surface area contributed by atoms with E-state index in [-0.39, 0.29) is 17.1 Å². The van der Waals surface area contributed by atoms with Crippen molar-refractivity contribution in [1.82, 2.24) is 20.6 Å². The third-order valence-corrected chi connectivity index (χ3v) is 5.87. The molecule has 0 spiro atoms. The topological polar surface area (TPSA) is 86.9 Å². The molecular weight excluding hydrogens is 380 g/mol. The summed E-state index contributed by atoms with van der Waals surface area (Å²) in [6, 6.07) is 11.7. The summed E-state index contributed by atoms with van der Waals surface area (Å²) in [6.45, 7) is 3.09. The van der Waals surface area contributed by atoms with Crippen LogP contribution in [0.25, 0.3) is 10.3 Å². The van der Waals surface area contributed by atoms with Crippen molar-refractivity contribution in [2.75, 3.05) is 13.1 Å². The van der Waals surface area contributed by atoms with Crippen LogP contribution in [0, 0.1) is 0 Å². The molecule has 1 aromatic carbocycles. The van der Waals surface area contributed by atoms with Crippen molar-refractivity contribution >= 4 is 45.3 Å². The number of hydrogen-bond donors (Lipinski definition) is 3. The Labute approximate surface area is 166 Å². The minimum atomic E-state index is -0.137. The highest BCUT2D eigenvalue weighted by molar-refractivity contribution is 8.00. The van der Waals surface area contributed by atoms with Gasteiger partial charge >= 0.3 is 0 Å². The van der Waals surface area contributed by atoms with Crippen LogP contribution >= 0.6 is 23.1 Å². The first-order valence-corrected chi connectivity index (χ1v) is 10.6. The van der Waals surface area contributed by atoms with E-state index in [1.54, 1.807) is 17.3 Å². The van der Waals surface area contributed by atoms with Gasteiger partial charge in [0.2, 0.25) is 5.91 Å². The fraction of sp³-hybridized carbons (Fsp3) is 0.316. The number of unbranched alkanes of at least 4 members (excludes halogenated alkanes) is 1. The number of amides is 2. The molecule has 1 atom stereocenters. The maximum absolute atomic E-state index is 12.1. The van der Waals surface area contributed by atoms with Gasteiger partial charge in [-0.15, -0.1) is 23.1 Å². The highest BCUT2D eigenvalue weighted by atomic mass is 32.2. The molecule has 2 amide bonds. The Morgan fingerprint density at radius 3 is 2.67 bits per heavy atom. The van der Waals surface area contributed by atoms with Crippen LogP contribution in [0.15, 0.2) is 46.8 Å². The van der Waals surface area contributed by atoms with Crippen LogP contribution in [0.2, 0.25) is 0 Å². The number of hydrogen-bond acceptors (Lipinski definition) is 5. The van der Waals surface area contributed by atoms with Gasteiger partial charge in [-0.25, -0.2) is 4.98 Å². The highest BCUT2D eigenvalue weighted by Crippen LogP contribution is 2.22. The molecule has 0 aliphatic heterocycles. The maximum Gasteiger partial charge on any atom is 0.267 e. The van der Waals surface area contributed by atoms with Crippen LogP contribution in [0.4, 0.5) is 0 Å². The zero-order valence-electron chi connectivity index (χ0n) is 15.0. The van der Waals surface area contributed by atoms with Crippen LogP contribution in [0.5, 0.6) is 0 Å². The van der Waals surface area contributed by atoms with Crippen LogP contribution < -0.4 is 10.6 Å². The number of nitrogens with one attached hydrogen (secondary N) is 3. The molecule has 142 valence electrons. The second-order valence-corrected chi connectivity index (χ2v) is 8.38. The van der Waals surface area contributed by atoms with E-state index in [0.717, 1.165) is 28.1 Å². The normalized spacial score (nSPS) is 12.0. The number of H-pyrrole nitrogens is 1. The van der Waals surface area contributed by atoms with Crippen molar-refractivity contribution in [3.63, 3.8) is 0 Å². The van der Waals surface area contributed by atoms with Crippen LogP contribution in [-0.2, 0) is 4.79 Å². The molecule has 0 radical (unpaired) electrons. The first-order chi connectivity index (χ1) is 13.1. The van der Waals surface area contributed by atoms with E-state index < -0.39 is 0 Å². The Morgan fingerprint density at radius 2 is 1.93 bits per heavy atom. The van der Waals surface area contributed by atoms with Crippen LogP contribution in [0.3, 0.4) is 0 Å². The van der Waals surface area contributed by atoms with Crippen LogP contribution in [-0.4, -0.2) is 40.1 Å². The van der Waals surface area contributed by atoms with Crippen LogP contribution in [0.1, 0.15) is 30.3 Å². The molecule has 6 nitrogen and oxygen atoms in total. The van der Waals surface area contributed by atoms with Crippen molar-refractivity contribution in [3.8, 4) is 0 Å². The van der Waals surface area contributed by atoms with Gasteiger partial charge in [-0.2, -0.15) is 0 Å². The van der Waals surface area contributed by atoms with Gasteiger partial charge in [0.1, 0.15) is 11.3 Å². The maximum atomic E-state index is 12.1. The molecule has 27 heavy (non-hydrogen) atoms. The van der Waals surface area contributed by atoms with Crippen molar-refractivity contribution in [2.45, 2.75) is 29.9 Å². The summed E-state index contributed by atoms with van der Waals surface area (Å²) in [5, 5.41) is 5.70. The lowest BCUT2D eigenvalue weighted by atomic mass is 10.3. The van der Waals surface area contributed by atoms with E-state index in [0.29, 0.717) is 18.8 Å². The van der Waals surface area contributed by atoms with E-state index in [1.807, 2.05) is 43.3 Å². The van der Waals surface area contributed by atoms with Gasteiger partial charge in [-0.3, -0.25) is 9.59 Å². The summed E-state index contributed by atoms with van der Waals surface area (Å²) in [5.74, 6) is -0.0936. The smallest absolute Gasteiger partial charge is 0.267 e. The standard InChI is InChI=1S/C19H22N4O2S2/c1-13(27-14-7-3-2-4-8-14)18(24)20-9-5-6-10-21-19(25)15-11-16-17(23-15)22-12-26-16/h2-4,7-8,11-13,23H,5-6,9-10H2,1H3,(H,20,24)(H,21,25).